The number of aryl methyl sites for hydroxylation is 1. The van der Waals surface area contributed by atoms with Crippen molar-refractivity contribution in [3.8, 4) is 11.5 Å². The van der Waals surface area contributed by atoms with E-state index in [1.165, 1.54) is 12.8 Å². The second-order valence-electron chi connectivity index (χ2n) is 6.95. The van der Waals surface area contributed by atoms with Crippen LogP contribution in [0, 0.1) is 0 Å². The first kappa shape index (κ1) is 18.4. The average molecular weight is 380 g/mol. The first-order valence-electron chi connectivity index (χ1n) is 9.71. The van der Waals surface area contributed by atoms with E-state index in [1.54, 1.807) is 6.26 Å². The highest BCUT2D eigenvalue weighted by Crippen LogP contribution is 2.25. The molecule has 0 aliphatic carbocycles. The molecule has 7 nitrogen and oxygen atoms in total. The smallest absolute Gasteiger partial charge is 0.247 e. The van der Waals surface area contributed by atoms with E-state index in [1.807, 2.05) is 42.5 Å². The Kier molecular flexibility index (Phi) is 5.82. The molecule has 7 heteroatoms. The van der Waals surface area contributed by atoms with Crippen LogP contribution in [0.2, 0.25) is 0 Å². The molecular weight excluding hydrogens is 356 g/mol. The van der Waals surface area contributed by atoms with Gasteiger partial charge in [0.15, 0.2) is 0 Å². The van der Waals surface area contributed by atoms with Crippen molar-refractivity contribution in [2.75, 3.05) is 19.6 Å². The van der Waals surface area contributed by atoms with Gasteiger partial charge in [0.05, 0.1) is 12.3 Å². The summed E-state index contributed by atoms with van der Waals surface area (Å²) in [5.74, 6) is 1.81. The van der Waals surface area contributed by atoms with Crippen LogP contribution in [-0.2, 0) is 11.2 Å². The number of benzene rings is 1. The van der Waals surface area contributed by atoms with Gasteiger partial charge >= 0.3 is 0 Å². The van der Waals surface area contributed by atoms with Gasteiger partial charge in [0, 0.05) is 24.9 Å². The molecule has 1 atom stereocenters. The summed E-state index contributed by atoms with van der Waals surface area (Å²) in [6.07, 6.45) is 4.78. The molecule has 28 heavy (non-hydrogen) atoms. The van der Waals surface area contributed by atoms with E-state index < -0.39 is 0 Å². The molecule has 146 valence electrons. The number of furan rings is 1. The van der Waals surface area contributed by atoms with Gasteiger partial charge in [-0.1, -0.05) is 18.2 Å². The van der Waals surface area contributed by atoms with Crippen LogP contribution in [0.15, 0.2) is 57.6 Å². The molecule has 0 spiro atoms. The van der Waals surface area contributed by atoms with E-state index in [4.69, 9.17) is 8.83 Å². The van der Waals surface area contributed by atoms with Gasteiger partial charge in [-0.15, -0.1) is 10.2 Å². The zero-order valence-corrected chi connectivity index (χ0v) is 15.7. The van der Waals surface area contributed by atoms with Crippen LogP contribution in [0.25, 0.3) is 11.5 Å². The van der Waals surface area contributed by atoms with Crippen molar-refractivity contribution in [3.63, 3.8) is 0 Å². The monoisotopic (exact) mass is 380 g/mol. The molecule has 1 aromatic carbocycles. The summed E-state index contributed by atoms with van der Waals surface area (Å²) >= 11 is 0. The molecule has 4 rings (SSSR count). The standard InChI is InChI=1S/C21H24N4O3/c26-19(10-11-20-23-24-21(28-20)16-7-2-1-3-8-16)22-15-17(18-9-6-14-27-18)25-12-4-5-13-25/h1-3,6-9,14,17H,4-5,10-13,15H2,(H,22,26)/t17-/m0/s1. The minimum atomic E-state index is -0.0322. The number of amides is 1. The number of nitrogens with zero attached hydrogens (tertiary/aromatic N) is 3. The van der Waals surface area contributed by atoms with Crippen LogP contribution in [0.5, 0.6) is 0 Å². The highest BCUT2D eigenvalue weighted by molar-refractivity contribution is 5.76. The van der Waals surface area contributed by atoms with Crippen LogP contribution in [0.3, 0.4) is 0 Å². The largest absolute Gasteiger partial charge is 0.468 e. The van der Waals surface area contributed by atoms with Crippen molar-refractivity contribution >= 4 is 5.91 Å². The number of hydrogen-bond donors (Lipinski definition) is 1. The number of aromatic nitrogens is 2. The van der Waals surface area contributed by atoms with E-state index in [2.05, 4.69) is 20.4 Å². The number of carbonyl (C=O) groups excluding carboxylic acids is 1. The molecule has 0 radical (unpaired) electrons. The number of carbonyl (C=O) groups is 1. The van der Waals surface area contributed by atoms with Crippen LogP contribution in [0.1, 0.15) is 37.0 Å². The maximum absolute atomic E-state index is 12.3. The van der Waals surface area contributed by atoms with Gasteiger partial charge in [-0.05, 0) is 50.2 Å². The van der Waals surface area contributed by atoms with E-state index >= 15 is 0 Å². The zero-order valence-electron chi connectivity index (χ0n) is 15.7. The average Bonchev–Trinajstić information content (AvgIpc) is 3.50. The van der Waals surface area contributed by atoms with Gasteiger partial charge in [0.25, 0.3) is 0 Å². The van der Waals surface area contributed by atoms with E-state index in [0.717, 1.165) is 24.4 Å². The first-order valence-corrected chi connectivity index (χ1v) is 9.71. The summed E-state index contributed by atoms with van der Waals surface area (Å²) in [6, 6.07) is 13.5. The molecule has 0 bridgehead atoms. The Morgan fingerprint density at radius 2 is 1.93 bits per heavy atom. The van der Waals surface area contributed by atoms with E-state index in [-0.39, 0.29) is 11.9 Å². The SMILES string of the molecule is O=C(CCc1nnc(-c2ccccc2)o1)NC[C@@H](c1ccco1)N1CCCC1. The van der Waals surface area contributed by atoms with Crippen LogP contribution in [-0.4, -0.2) is 40.6 Å². The van der Waals surface area contributed by atoms with Gasteiger partial charge < -0.3 is 14.2 Å². The predicted molar refractivity (Wildman–Crippen MR) is 103 cm³/mol. The van der Waals surface area contributed by atoms with E-state index in [0.29, 0.717) is 31.2 Å². The Morgan fingerprint density at radius 3 is 2.68 bits per heavy atom. The summed E-state index contributed by atoms with van der Waals surface area (Å²) in [5, 5.41) is 11.1. The first-order chi connectivity index (χ1) is 13.8. The summed E-state index contributed by atoms with van der Waals surface area (Å²) in [4.78, 5) is 14.7. The van der Waals surface area contributed by atoms with Crippen molar-refractivity contribution in [2.24, 2.45) is 0 Å². The predicted octanol–water partition coefficient (Wildman–Crippen LogP) is 3.22. The lowest BCUT2D eigenvalue weighted by Gasteiger charge is -2.25. The maximum atomic E-state index is 12.3. The second kappa shape index (κ2) is 8.84. The van der Waals surface area contributed by atoms with Crippen molar-refractivity contribution in [2.45, 2.75) is 31.7 Å². The maximum Gasteiger partial charge on any atom is 0.247 e. The molecule has 3 aromatic rings. The molecule has 3 heterocycles. The normalized spacial score (nSPS) is 15.6. The lowest BCUT2D eigenvalue weighted by molar-refractivity contribution is -0.121. The Labute approximate surface area is 163 Å². The summed E-state index contributed by atoms with van der Waals surface area (Å²) < 4.78 is 11.2. The summed E-state index contributed by atoms with van der Waals surface area (Å²) in [7, 11) is 0. The minimum Gasteiger partial charge on any atom is -0.468 e. The van der Waals surface area contributed by atoms with Gasteiger partial charge in [0.1, 0.15) is 5.76 Å². The van der Waals surface area contributed by atoms with Gasteiger partial charge in [-0.2, -0.15) is 0 Å². The van der Waals surface area contributed by atoms with Gasteiger partial charge in [-0.25, -0.2) is 0 Å². The molecule has 1 saturated heterocycles. The van der Waals surface area contributed by atoms with Crippen LogP contribution >= 0.6 is 0 Å². The lowest BCUT2D eigenvalue weighted by atomic mass is 10.2. The van der Waals surface area contributed by atoms with Crippen LogP contribution < -0.4 is 5.32 Å². The molecule has 1 amide bonds. The fourth-order valence-electron chi connectivity index (χ4n) is 3.52. The Hall–Kier alpha value is -2.93. The summed E-state index contributed by atoms with van der Waals surface area (Å²) in [6.45, 7) is 2.60. The Morgan fingerprint density at radius 1 is 1.11 bits per heavy atom. The number of rotatable bonds is 8. The molecule has 1 aliphatic rings. The highest BCUT2D eigenvalue weighted by Gasteiger charge is 2.25. The molecule has 2 aromatic heterocycles. The third-order valence-corrected chi connectivity index (χ3v) is 5.00. The number of hydrogen-bond acceptors (Lipinski definition) is 6. The molecule has 1 fully saturated rings. The van der Waals surface area contributed by atoms with E-state index in [9.17, 15) is 4.79 Å². The van der Waals surface area contributed by atoms with Crippen molar-refractivity contribution in [1.29, 1.82) is 0 Å². The third-order valence-electron chi connectivity index (χ3n) is 5.00. The quantitative estimate of drug-likeness (QED) is 0.646. The Bertz CT molecular complexity index is 870. The van der Waals surface area contributed by atoms with Crippen molar-refractivity contribution in [1.82, 2.24) is 20.4 Å². The lowest BCUT2D eigenvalue weighted by Crippen LogP contribution is -2.36. The molecule has 0 unspecified atom stereocenters. The number of likely N-dealkylation sites (tertiary alicyclic amines) is 1. The Balaban J connectivity index is 1.29. The molecule has 1 N–H and O–H groups in total. The number of nitrogens with one attached hydrogen (secondary N) is 1. The fourth-order valence-corrected chi connectivity index (χ4v) is 3.52. The van der Waals surface area contributed by atoms with Crippen molar-refractivity contribution < 1.29 is 13.6 Å². The van der Waals surface area contributed by atoms with Gasteiger partial charge in [0.2, 0.25) is 17.7 Å². The second-order valence-corrected chi connectivity index (χ2v) is 6.95. The molecule has 1 aliphatic heterocycles. The highest BCUT2D eigenvalue weighted by atomic mass is 16.4. The van der Waals surface area contributed by atoms with Gasteiger partial charge in [-0.3, -0.25) is 9.69 Å². The zero-order chi connectivity index (χ0) is 19.2. The topological polar surface area (TPSA) is 84.4 Å². The van der Waals surface area contributed by atoms with Crippen LogP contribution in [0.4, 0.5) is 0 Å². The van der Waals surface area contributed by atoms with Crippen molar-refractivity contribution in [3.05, 3.63) is 60.4 Å². The summed E-state index contributed by atoms with van der Waals surface area (Å²) in [5.41, 5.74) is 0.873. The minimum absolute atomic E-state index is 0.0322. The molecule has 0 saturated carbocycles. The molecular formula is C21H24N4O3. The fraction of sp³-hybridized carbons (Fsp3) is 0.381. The third kappa shape index (κ3) is 4.48.